The zero-order chi connectivity index (χ0) is 20.5. The average Bonchev–Trinajstić information content (AvgIpc) is 3.41. The molecule has 2 saturated heterocycles. The van der Waals surface area contributed by atoms with Crippen LogP contribution in [-0.2, 0) is 0 Å². The number of aromatic nitrogens is 1. The van der Waals surface area contributed by atoms with Crippen molar-refractivity contribution in [3.05, 3.63) is 60.0 Å². The third kappa shape index (κ3) is 4.76. The third-order valence-electron chi connectivity index (χ3n) is 6.42. The van der Waals surface area contributed by atoms with Crippen LogP contribution in [0.2, 0.25) is 0 Å². The Bertz CT molecular complexity index is 1050. The van der Waals surface area contributed by atoms with E-state index in [4.69, 9.17) is 0 Å². The van der Waals surface area contributed by atoms with Crippen LogP contribution in [0, 0.1) is 5.82 Å². The van der Waals surface area contributed by atoms with Crippen LogP contribution in [0.1, 0.15) is 29.8 Å². The van der Waals surface area contributed by atoms with Crippen molar-refractivity contribution in [2.75, 3.05) is 26.2 Å². The summed E-state index contributed by atoms with van der Waals surface area (Å²) in [6.07, 6.45) is 3.39. The summed E-state index contributed by atoms with van der Waals surface area (Å²) >= 11 is 0. The number of benzene rings is 2. The average molecular weight is 443 g/mol. The fourth-order valence-corrected chi connectivity index (χ4v) is 4.74. The first-order valence-corrected chi connectivity index (χ1v) is 10.8. The van der Waals surface area contributed by atoms with E-state index in [9.17, 15) is 9.18 Å². The highest BCUT2D eigenvalue weighted by atomic mass is 35.5. The maximum absolute atomic E-state index is 13.2. The van der Waals surface area contributed by atoms with Gasteiger partial charge < -0.3 is 15.6 Å². The van der Waals surface area contributed by atoms with Crippen molar-refractivity contribution < 1.29 is 9.18 Å². The molecule has 3 aromatic rings. The van der Waals surface area contributed by atoms with E-state index in [1.165, 1.54) is 25.0 Å². The normalized spacial score (nSPS) is 20.0. The summed E-state index contributed by atoms with van der Waals surface area (Å²) in [5.41, 5.74) is 3.43. The summed E-state index contributed by atoms with van der Waals surface area (Å²) in [4.78, 5) is 18.6. The highest BCUT2D eigenvalue weighted by Gasteiger charge is 2.30. The lowest BCUT2D eigenvalue weighted by Gasteiger charge is -2.31. The number of piperidine rings is 1. The van der Waals surface area contributed by atoms with Gasteiger partial charge in [-0.05, 0) is 67.7 Å². The molecule has 0 radical (unpaired) electrons. The van der Waals surface area contributed by atoms with Crippen molar-refractivity contribution in [1.29, 1.82) is 0 Å². The molecule has 164 valence electrons. The second kappa shape index (κ2) is 9.39. The van der Waals surface area contributed by atoms with Crippen molar-refractivity contribution in [2.24, 2.45) is 0 Å². The van der Waals surface area contributed by atoms with Gasteiger partial charge in [0, 0.05) is 36.1 Å². The Morgan fingerprint density at radius 3 is 2.52 bits per heavy atom. The minimum absolute atomic E-state index is 0. The van der Waals surface area contributed by atoms with Gasteiger partial charge in [0.15, 0.2) is 0 Å². The molecule has 2 aliphatic heterocycles. The van der Waals surface area contributed by atoms with Gasteiger partial charge in [-0.15, -0.1) is 12.4 Å². The van der Waals surface area contributed by atoms with Gasteiger partial charge in [0.2, 0.25) is 0 Å². The number of aromatic amines is 1. The number of nitrogens with one attached hydrogen (secondary N) is 3. The number of H-pyrrole nitrogens is 1. The van der Waals surface area contributed by atoms with Crippen molar-refractivity contribution in [3.63, 3.8) is 0 Å². The predicted molar refractivity (Wildman–Crippen MR) is 124 cm³/mol. The first-order chi connectivity index (χ1) is 14.7. The predicted octanol–water partition coefficient (Wildman–Crippen LogP) is 3.95. The molecule has 2 aromatic carbocycles. The van der Waals surface area contributed by atoms with Gasteiger partial charge >= 0.3 is 0 Å². The molecule has 1 unspecified atom stereocenters. The summed E-state index contributed by atoms with van der Waals surface area (Å²) in [6, 6.07) is 15.2. The van der Waals surface area contributed by atoms with Crippen LogP contribution >= 0.6 is 12.4 Å². The van der Waals surface area contributed by atoms with Crippen molar-refractivity contribution in [2.45, 2.75) is 31.3 Å². The topological polar surface area (TPSA) is 60.2 Å². The van der Waals surface area contributed by atoms with E-state index in [0.29, 0.717) is 11.7 Å². The Morgan fingerprint density at radius 1 is 1.00 bits per heavy atom. The third-order valence-corrected chi connectivity index (χ3v) is 6.42. The smallest absolute Gasteiger partial charge is 0.267 e. The van der Waals surface area contributed by atoms with E-state index in [-0.39, 0.29) is 30.2 Å². The monoisotopic (exact) mass is 442 g/mol. The Kier molecular flexibility index (Phi) is 6.60. The number of halogens is 2. The SMILES string of the molecule is Cl.O=C(NC1CCN(C2CCNCC2)C1)c1cc2ccc(-c3ccc(F)cc3)cc2[nH]1. The maximum atomic E-state index is 13.2. The van der Waals surface area contributed by atoms with Crippen molar-refractivity contribution >= 4 is 29.2 Å². The number of nitrogens with zero attached hydrogens (tertiary/aromatic N) is 1. The second-order valence-electron chi connectivity index (χ2n) is 8.43. The Labute approximate surface area is 187 Å². The summed E-state index contributed by atoms with van der Waals surface area (Å²) in [7, 11) is 0. The molecule has 5 nitrogen and oxygen atoms in total. The summed E-state index contributed by atoms with van der Waals surface area (Å²) in [5, 5.41) is 7.62. The lowest BCUT2D eigenvalue weighted by atomic mass is 10.0. The summed E-state index contributed by atoms with van der Waals surface area (Å²) in [5.74, 6) is -0.295. The maximum Gasteiger partial charge on any atom is 0.267 e. The van der Waals surface area contributed by atoms with E-state index < -0.39 is 0 Å². The Hall–Kier alpha value is -2.41. The number of hydrogen-bond donors (Lipinski definition) is 3. The molecule has 2 aliphatic rings. The van der Waals surface area contributed by atoms with E-state index in [1.54, 1.807) is 12.1 Å². The zero-order valence-corrected chi connectivity index (χ0v) is 18.2. The van der Waals surface area contributed by atoms with Gasteiger partial charge in [-0.1, -0.05) is 24.3 Å². The quantitative estimate of drug-likeness (QED) is 0.573. The molecule has 31 heavy (non-hydrogen) atoms. The molecule has 3 heterocycles. The number of carbonyl (C=O) groups excluding carboxylic acids is 1. The molecule has 1 aromatic heterocycles. The van der Waals surface area contributed by atoms with Crippen molar-refractivity contribution in [1.82, 2.24) is 20.5 Å². The molecule has 2 fully saturated rings. The largest absolute Gasteiger partial charge is 0.351 e. The first-order valence-electron chi connectivity index (χ1n) is 10.8. The van der Waals surface area contributed by atoms with Crippen LogP contribution in [0.5, 0.6) is 0 Å². The number of hydrogen-bond acceptors (Lipinski definition) is 3. The van der Waals surface area contributed by atoms with Gasteiger partial charge in [-0.25, -0.2) is 4.39 Å². The molecule has 0 spiro atoms. The van der Waals surface area contributed by atoms with Crippen LogP contribution in [0.3, 0.4) is 0 Å². The molecular weight excluding hydrogens is 415 g/mol. The summed E-state index contributed by atoms with van der Waals surface area (Å²) < 4.78 is 13.2. The number of rotatable bonds is 4. The molecule has 0 saturated carbocycles. The summed E-state index contributed by atoms with van der Waals surface area (Å²) in [6.45, 7) is 4.18. The lowest BCUT2D eigenvalue weighted by Crippen LogP contribution is -2.44. The van der Waals surface area contributed by atoms with E-state index in [1.807, 2.05) is 24.3 Å². The van der Waals surface area contributed by atoms with Crippen molar-refractivity contribution in [3.8, 4) is 11.1 Å². The molecule has 0 bridgehead atoms. The molecule has 1 amide bonds. The Balaban J connectivity index is 0.00000231. The highest BCUT2D eigenvalue weighted by molar-refractivity contribution is 5.99. The fourth-order valence-electron chi connectivity index (χ4n) is 4.74. The van der Waals surface area contributed by atoms with Crippen LogP contribution in [0.25, 0.3) is 22.0 Å². The van der Waals surface area contributed by atoms with Gasteiger partial charge in [0.25, 0.3) is 5.91 Å². The standard InChI is InChI=1S/C24H27FN4O.ClH/c25-19-5-3-16(4-6-19)17-1-2-18-14-23(28-22(18)13-17)24(30)27-20-9-12-29(15-20)21-7-10-26-11-8-21;/h1-6,13-14,20-21,26,28H,7-12,15H2,(H,27,30);1H. The van der Waals surface area contributed by atoms with Crippen LogP contribution in [0.15, 0.2) is 48.5 Å². The van der Waals surface area contributed by atoms with Crippen LogP contribution < -0.4 is 10.6 Å². The first kappa shape index (κ1) is 21.8. The lowest BCUT2D eigenvalue weighted by molar-refractivity contribution is 0.0930. The highest BCUT2D eigenvalue weighted by Crippen LogP contribution is 2.25. The zero-order valence-electron chi connectivity index (χ0n) is 17.4. The van der Waals surface area contributed by atoms with Gasteiger partial charge in [-0.3, -0.25) is 9.69 Å². The minimum atomic E-state index is -0.246. The number of fused-ring (bicyclic) bond motifs is 1. The van der Waals surface area contributed by atoms with Gasteiger partial charge in [0.1, 0.15) is 11.5 Å². The Morgan fingerprint density at radius 2 is 1.74 bits per heavy atom. The molecular formula is C24H28ClFN4O. The van der Waals surface area contributed by atoms with Gasteiger partial charge in [-0.2, -0.15) is 0 Å². The minimum Gasteiger partial charge on any atom is -0.351 e. The molecule has 1 atom stereocenters. The van der Waals surface area contributed by atoms with E-state index >= 15 is 0 Å². The molecule has 5 rings (SSSR count). The van der Waals surface area contributed by atoms with Crippen LogP contribution in [-0.4, -0.2) is 54.1 Å². The molecule has 0 aliphatic carbocycles. The molecule has 7 heteroatoms. The molecule has 3 N–H and O–H groups in total. The number of carbonyl (C=O) groups is 1. The second-order valence-corrected chi connectivity index (χ2v) is 8.43. The van der Waals surface area contributed by atoms with Crippen LogP contribution in [0.4, 0.5) is 4.39 Å². The number of amides is 1. The number of likely N-dealkylation sites (tertiary alicyclic amines) is 1. The van der Waals surface area contributed by atoms with E-state index in [0.717, 1.165) is 54.6 Å². The fraction of sp³-hybridized carbons (Fsp3) is 0.375. The van der Waals surface area contributed by atoms with E-state index in [2.05, 4.69) is 20.5 Å². The van der Waals surface area contributed by atoms with Gasteiger partial charge in [0.05, 0.1) is 0 Å².